The highest BCUT2D eigenvalue weighted by Crippen LogP contribution is 2.31. The van der Waals surface area contributed by atoms with E-state index in [0.29, 0.717) is 5.56 Å². The first kappa shape index (κ1) is 12.2. The third-order valence-electron chi connectivity index (χ3n) is 3.08. The summed E-state index contributed by atoms with van der Waals surface area (Å²) in [6.07, 6.45) is 0. The molecule has 1 aromatic carbocycles. The number of benzene rings is 1. The van der Waals surface area contributed by atoms with Crippen LogP contribution >= 0.6 is 0 Å². The minimum atomic E-state index is -0.765. The predicted octanol–water partition coefficient (Wildman–Crippen LogP) is 0.854. The maximum Gasteiger partial charge on any atom is 0.346 e. The van der Waals surface area contributed by atoms with Crippen molar-refractivity contribution >= 4 is 17.6 Å². The molecule has 1 heterocycles. The second-order valence-corrected chi connectivity index (χ2v) is 4.58. The van der Waals surface area contributed by atoms with Crippen molar-refractivity contribution in [3.05, 3.63) is 35.5 Å². The molecule has 100 valence electrons. The minimum Gasteiger partial charge on any atom is -0.329 e. The standard InChI is InChI=1S/C13H10N4O3/c1-16(2)13(20)17-10-9(14-15-17)7-5-3-4-6-8(7)11(18)12(10)19/h3-6H,1-2H3. The van der Waals surface area contributed by atoms with E-state index < -0.39 is 17.6 Å². The van der Waals surface area contributed by atoms with Crippen molar-refractivity contribution < 1.29 is 14.4 Å². The van der Waals surface area contributed by atoms with Crippen LogP contribution in [0.15, 0.2) is 24.3 Å². The maximum absolute atomic E-state index is 12.2. The zero-order chi connectivity index (χ0) is 14.4. The number of hydrogen-bond acceptors (Lipinski definition) is 5. The molecule has 1 amide bonds. The molecule has 0 spiro atoms. The Labute approximate surface area is 113 Å². The van der Waals surface area contributed by atoms with Gasteiger partial charge in [-0.3, -0.25) is 9.59 Å². The van der Waals surface area contributed by atoms with E-state index in [4.69, 9.17) is 0 Å². The number of nitrogens with zero attached hydrogens (tertiary/aromatic N) is 4. The molecular weight excluding hydrogens is 260 g/mol. The molecule has 7 nitrogen and oxygen atoms in total. The van der Waals surface area contributed by atoms with Crippen molar-refractivity contribution in [2.24, 2.45) is 0 Å². The summed E-state index contributed by atoms with van der Waals surface area (Å²) in [4.78, 5) is 37.5. The van der Waals surface area contributed by atoms with E-state index in [9.17, 15) is 14.4 Å². The Bertz CT molecular complexity index is 761. The zero-order valence-corrected chi connectivity index (χ0v) is 10.8. The Morgan fingerprint density at radius 2 is 1.75 bits per heavy atom. The van der Waals surface area contributed by atoms with Crippen LogP contribution in [0, 0.1) is 0 Å². The highest BCUT2D eigenvalue weighted by Gasteiger charge is 2.36. The highest BCUT2D eigenvalue weighted by molar-refractivity contribution is 6.52. The molecule has 20 heavy (non-hydrogen) atoms. The molecule has 2 aromatic rings. The van der Waals surface area contributed by atoms with Gasteiger partial charge in [0.05, 0.1) is 0 Å². The van der Waals surface area contributed by atoms with Gasteiger partial charge < -0.3 is 4.90 Å². The number of rotatable bonds is 0. The SMILES string of the molecule is CN(C)C(=O)n1nnc2c1C(=O)C(=O)c1ccccc1-2. The second-order valence-electron chi connectivity index (χ2n) is 4.58. The molecule has 0 unspecified atom stereocenters. The van der Waals surface area contributed by atoms with E-state index in [-0.39, 0.29) is 17.0 Å². The number of Topliss-reactive ketones (excluding diaryl/α,β-unsaturated/α-hetero) is 2. The molecule has 1 aliphatic rings. The predicted molar refractivity (Wildman–Crippen MR) is 68.6 cm³/mol. The third-order valence-corrected chi connectivity index (χ3v) is 3.08. The Morgan fingerprint density at radius 3 is 2.40 bits per heavy atom. The smallest absolute Gasteiger partial charge is 0.329 e. The molecule has 0 fully saturated rings. The number of ketones is 2. The van der Waals surface area contributed by atoms with Gasteiger partial charge in [0.25, 0.3) is 5.78 Å². The topological polar surface area (TPSA) is 85.2 Å². The maximum atomic E-state index is 12.2. The number of carbonyl (C=O) groups is 3. The van der Waals surface area contributed by atoms with Crippen LogP contribution in [0.4, 0.5) is 4.79 Å². The van der Waals surface area contributed by atoms with Crippen LogP contribution in [0.2, 0.25) is 0 Å². The van der Waals surface area contributed by atoms with Gasteiger partial charge in [-0.15, -0.1) is 5.10 Å². The lowest BCUT2D eigenvalue weighted by Crippen LogP contribution is -2.33. The van der Waals surface area contributed by atoms with E-state index in [1.54, 1.807) is 24.3 Å². The first-order valence-electron chi connectivity index (χ1n) is 5.88. The first-order chi connectivity index (χ1) is 9.52. The monoisotopic (exact) mass is 270 g/mol. The molecule has 1 aliphatic carbocycles. The molecule has 7 heteroatoms. The third kappa shape index (κ3) is 1.49. The van der Waals surface area contributed by atoms with Gasteiger partial charge in [0.2, 0.25) is 5.78 Å². The van der Waals surface area contributed by atoms with Gasteiger partial charge in [-0.2, -0.15) is 4.68 Å². The van der Waals surface area contributed by atoms with E-state index in [1.807, 2.05) is 0 Å². The van der Waals surface area contributed by atoms with Crippen LogP contribution in [0.25, 0.3) is 11.3 Å². The Hall–Kier alpha value is -2.83. The van der Waals surface area contributed by atoms with Gasteiger partial charge in [-0.25, -0.2) is 4.79 Å². The molecule has 0 aliphatic heterocycles. The number of aromatic nitrogens is 3. The van der Waals surface area contributed by atoms with E-state index in [2.05, 4.69) is 10.3 Å². The second kappa shape index (κ2) is 4.09. The van der Waals surface area contributed by atoms with Crippen molar-refractivity contribution in [3.63, 3.8) is 0 Å². The molecule has 0 saturated heterocycles. The van der Waals surface area contributed by atoms with Crippen molar-refractivity contribution in [2.45, 2.75) is 0 Å². The van der Waals surface area contributed by atoms with Crippen molar-refractivity contribution in [1.82, 2.24) is 19.9 Å². The summed E-state index contributed by atoms with van der Waals surface area (Å²) in [6.45, 7) is 0. The Kier molecular flexibility index (Phi) is 2.50. The largest absolute Gasteiger partial charge is 0.346 e. The van der Waals surface area contributed by atoms with E-state index in [1.165, 1.54) is 19.0 Å². The highest BCUT2D eigenvalue weighted by atomic mass is 16.2. The van der Waals surface area contributed by atoms with Crippen molar-refractivity contribution in [1.29, 1.82) is 0 Å². The lowest BCUT2D eigenvalue weighted by Gasteiger charge is -2.15. The Balaban J connectivity index is 2.28. The van der Waals surface area contributed by atoms with Crippen LogP contribution in [0.1, 0.15) is 20.8 Å². The van der Waals surface area contributed by atoms with Crippen LogP contribution in [-0.2, 0) is 0 Å². The van der Waals surface area contributed by atoms with Crippen molar-refractivity contribution in [2.75, 3.05) is 14.1 Å². The van der Waals surface area contributed by atoms with Crippen LogP contribution in [-0.4, -0.2) is 51.6 Å². The number of hydrogen-bond donors (Lipinski definition) is 0. The average molecular weight is 270 g/mol. The zero-order valence-electron chi connectivity index (χ0n) is 10.8. The summed E-state index contributed by atoms with van der Waals surface area (Å²) in [6, 6.07) is 6.12. The van der Waals surface area contributed by atoms with Crippen LogP contribution in [0.5, 0.6) is 0 Å². The van der Waals surface area contributed by atoms with Gasteiger partial charge in [0.1, 0.15) is 5.69 Å². The average Bonchev–Trinajstić information content (AvgIpc) is 2.88. The molecule has 0 bridgehead atoms. The fraction of sp³-hybridized carbons (Fsp3) is 0.154. The van der Waals surface area contributed by atoms with Crippen LogP contribution < -0.4 is 0 Å². The van der Waals surface area contributed by atoms with Gasteiger partial charge in [-0.1, -0.05) is 29.5 Å². The van der Waals surface area contributed by atoms with Gasteiger partial charge in [-0.05, 0) is 0 Å². The first-order valence-corrected chi connectivity index (χ1v) is 5.88. The quantitative estimate of drug-likeness (QED) is 0.662. The summed E-state index contributed by atoms with van der Waals surface area (Å²) < 4.78 is 0.867. The summed E-state index contributed by atoms with van der Waals surface area (Å²) in [5, 5.41) is 7.58. The summed E-state index contributed by atoms with van der Waals surface area (Å²) in [5.74, 6) is -1.41. The lowest BCUT2D eigenvalue weighted by molar-refractivity contribution is 0.0809. The number of amides is 1. The van der Waals surface area contributed by atoms with Gasteiger partial charge in [0.15, 0.2) is 5.69 Å². The molecule has 3 rings (SSSR count). The number of fused-ring (bicyclic) bond motifs is 3. The summed E-state index contributed by atoms with van der Waals surface area (Å²) >= 11 is 0. The number of carbonyl (C=O) groups excluding carboxylic acids is 3. The molecule has 0 N–H and O–H groups in total. The van der Waals surface area contributed by atoms with E-state index in [0.717, 1.165) is 4.68 Å². The minimum absolute atomic E-state index is 0.0765. The van der Waals surface area contributed by atoms with Crippen LogP contribution in [0.3, 0.4) is 0 Å². The van der Waals surface area contributed by atoms with E-state index >= 15 is 0 Å². The molecule has 0 saturated carbocycles. The molecule has 1 aromatic heterocycles. The summed E-state index contributed by atoms with van der Waals surface area (Å²) in [5.41, 5.74) is 0.993. The van der Waals surface area contributed by atoms with Crippen molar-refractivity contribution in [3.8, 4) is 11.3 Å². The van der Waals surface area contributed by atoms with Gasteiger partial charge >= 0.3 is 6.03 Å². The van der Waals surface area contributed by atoms with Gasteiger partial charge in [0, 0.05) is 25.2 Å². The fourth-order valence-corrected chi connectivity index (χ4v) is 2.11. The lowest BCUT2D eigenvalue weighted by atomic mass is 9.90. The summed E-state index contributed by atoms with van der Waals surface area (Å²) in [7, 11) is 3.05. The fourth-order valence-electron chi connectivity index (χ4n) is 2.11. The molecule has 0 atom stereocenters. The normalized spacial score (nSPS) is 12.9. The Morgan fingerprint density at radius 1 is 1.10 bits per heavy atom. The molecule has 0 radical (unpaired) electrons. The molecular formula is C13H10N4O3.